The van der Waals surface area contributed by atoms with Gasteiger partial charge in [0.1, 0.15) is 0 Å². The third kappa shape index (κ3) is 4.54. The van der Waals surface area contributed by atoms with Crippen molar-refractivity contribution in [3.05, 3.63) is 52.7 Å². The van der Waals surface area contributed by atoms with Crippen molar-refractivity contribution in [1.82, 2.24) is 25.4 Å². The minimum atomic E-state index is -0.649. The first-order chi connectivity index (χ1) is 18.1. The van der Waals surface area contributed by atoms with Gasteiger partial charge in [-0.3, -0.25) is 10.0 Å². The fraction of sp³-hybridized carbons (Fsp3) is 0.320. The molecule has 3 aromatic heterocycles. The molecule has 0 spiro atoms. The summed E-state index contributed by atoms with van der Waals surface area (Å²) in [5.74, 6) is 1.51. The minimum absolute atomic E-state index is 0.182. The number of hydrogen-bond acceptors (Lipinski definition) is 11. The quantitative estimate of drug-likeness (QED) is 0.259. The zero-order valence-corrected chi connectivity index (χ0v) is 21.1. The van der Waals surface area contributed by atoms with Gasteiger partial charge in [0, 0.05) is 55.2 Å². The average molecular weight is 519 g/mol. The standard InChI is InChI=1S/C25H26N8O3S/c1-32(25-27-12-15(13-28-25)24(34)31-35)14-16-11-20-21(37-16)23(33-7-9-36-10-8-33)30-22(29-20)18-3-2-4-19-17(18)5-6-26-19/h2-4,11-13,26,35H,5-10,14H2,1H3,(H,31,34). The number of hydrogen-bond donors (Lipinski definition) is 3. The van der Waals surface area contributed by atoms with E-state index in [0.29, 0.717) is 25.7 Å². The first-order valence-electron chi connectivity index (χ1n) is 12.1. The van der Waals surface area contributed by atoms with Crippen LogP contribution in [0.25, 0.3) is 21.6 Å². The molecule has 2 aliphatic heterocycles. The molecule has 1 amide bonds. The van der Waals surface area contributed by atoms with Gasteiger partial charge in [-0.15, -0.1) is 11.3 Å². The Balaban J connectivity index is 1.36. The number of ether oxygens (including phenoxy) is 1. The van der Waals surface area contributed by atoms with Crippen LogP contribution < -0.4 is 20.6 Å². The number of benzene rings is 1. The molecule has 1 aromatic carbocycles. The predicted molar refractivity (Wildman–Crippen MR) is 141 cm³/mol. The van der Waals surface area contributed by atoms with E-state index in [-0.39, 0.29) is 5.56 Å². The number of amides is 1. The number of carbonyl (C=O) groups excluding carboxylic acids is 1. The number of thiophene rings is 1. The molecule has 11 nitrogen and oxygen atoms in total. The van der Waals surface area contributed by atoms with E-state index in [9.17, 15) is 4.79 Å². The number of anilines is 3. The third-order valence-corrected chi connectivity index (χ3v) is 7.66. The van der Waals surface area contributed by atoms with E-state index in [4.69, 9.17) is 19.9 Å². The molecule has 190 valence electrons. The van der Waals surface area contributed by atoms with Crippen LogP contribution in [0, 0.1) is 0 Å². The number of carbonyl (C=O) groups is 1. The van der Waals surface area contributed by atoms with Crippen molar-refractivity contribution < 1.29 is 14.7 Å². The lowest BCUT2D eigenvalue weighted by Crippen LogP contribution is -2.36. The van der Waals surface area contributed by atoms with E-state index >= 15 is 0 Å². The Morgan fingerprint density at radius 1 is 1.24 bits per heavy atom. The van der Waals surface area contributed by atoms with Gasteiger partial charge in [0.2, 0.25) is 5.95 Å². The van der Waals surface area contributed by atoms with Crippen LogP contribution in [0.2, 0.25) is 0 Å². The Kier molecular flexibility index (Phi) is 6.28. The van der Waals surface area contributed by atoms with E-state index in [1.54, 1.807) is 16.8 Å². The summed E-state index contributed by atoms with van der Waals surface area (Å²) in [5.41, 5.74) is 6.18. The van der Waals surface area contributed by atoms with Crippen molar-refractivity contribution in [3.8, 4) is 11.4 Å². The van der Waals surface area contributed by atoms with Gasteiger partial charge in [-0.25, -0.2) is 25.4 Å². The van der Waals surface area contributed by atoms with E-state index in [0.717, 1.165) is 64.0 Å². The maximum atomic E-state index is 11.6. The second kappa shape index (κ2) is 9.88. The van der Waals surface area contributed by atoms with Crippen LogP contribution in [0.4, 0.5) is 17.5 Å². The highest BCUT2D eigenvalue weighted by Crippen LogP contribution is 2.37. The lowest BCUT2D eigenvalue weighted by Gasteiger charge is -2.28. The molecular formula is C25H26N8O3S. The zero-order chi connectivity index (χ0) is 25.4. The summed E-state index contributed by atoms with van der Waals surface area (Å²) in [5, 5.41) is 12.2. The Labute approximate surface area is 217 Å². The molecule has 0 aliphatic carbocycles. The first kappa shape index (κ1) is 23.5. The third-order valence-electron chi connectivity index (χ3n) is 6.56. The second-order valence-corrected chi connectivity index (χ2v) is 10.1. The molecule has 0 unspecified atom stereocenters. The van der Waals surface area contributed by atoms with Gasteiger partial charge in [-0.1, -0.05) is 12.1 Å². The molecule has 1 saturated heterocycles. The van der Waals surface area contributed by atoms with Gasteiger partial charge in [-0.05, 0) is 24.1 Å². The number of nitrogens with one attached hydrogen (secondary N) is 2. The second-order valence-electron chi connectivity index (χ2n) is 8.97. The van der Waals surface area contributed by atoms with Gasteiger partial charge in [0.05, 0.1) is 35.5 Å². The summed E-state index contributed by atoms with van der Waals surface area (Å²) < 4.78 is 6.65. The Morgan fingerprint density at radius 2 is 2.05 bits per heavy atom. The molecule has 2 aliphatic rings. The molecule has 4 aromatic rings. The summed E-state index contributed by atoms with van der Waals surface area (Å²) in [7, 11) is 1.89. The van der Waals surface area contributed by atoms with Crippen molar-refractivity contribution >= 4 is 44.9 Å². The molecule has 6 rings (SSSR count). The molecule has 12 heteroatoms. The molecule has 0 radical (unpaired) electrons. The lowest BCUT2D eigenvalue weighted by molar-refractivity contribution is 0.0705. The van der Waals surface area contributed by atoms with Gasteiger partial charge < -0.3 is 19.9 Å². The number of nitrogens with zero attached hydrogens (tertiary/aromatic N) is 6. The highest BCUT2D eigenvalue weighted by atomic mass is 32.1. The van der Waals surface area contributed by atoms with Crippen LogP contribution in [0.3, 0.4) is 0 Å². The Hall–Kier alpha value is -3.87. The van der Waals surface area contributed by atoms with E-state index in [1.165, 1.54) is 18.0 Å². The van der Waals surface area contributed by atoms with Gasteiger partial charge in [0.15, 0.2) is 11.6 Å². The Bertz CT molecular complexity index is 1450. The van der Waals surface area contributed by atoms with Crippen LogP contribution in [-0.4, -0.2) is 70.9 Å². The highest BCUT2D eigenvalue weighted by molar-refractivity contribution is 7.19. The van der Waals surface area contributed by atoms with Crippen molar-refractivity contribution in [1.29, 1.82) is 0 Å². The minimum Gasteiger partial charge on any atom is -0.384 e. The van der Waals surface area contributed by atoms with Crippen molar-refractivity contribution in [2.45, 2.75) is 13.0 Å². The molecule has 0 bridgehead atoms. The van der Waals surface area contributed by atoms with Crippen molar-refractivity contribution in [2.75, 3.05) is 55.0 Å². The van der Waals surface area contributed by atoms with E-state index in [1.807, 2.05) is 11.9 Å². The molecule has 0 saturated carbocycles. The lowest BCUT2D eigenvalue weighted by atomic mass is 10.0. The average Bonchev–Trinajstić information content (AvgIpc) is 3.59. The maximum Gasteiger partial charge on any atom is 0.277 e. The molecule has 1 fully saturated rings. The van der Waals surface area contributed by atoms with Gasteiger partial charge in [-0.2, -0.15) is 0 Å². The monoisotopic (exact) mass is 518 g/mol. The van der Waals surface area contributed by atoms with Crippen LogP contribution >= 0.6 is 11.3 Å². The molecule has 0 atom stereocenters. The normalized spacial score (nSPS) is 14.9. The van der Waals surface area contributed by atoms with Gasteiger partial charge >= 0.3 is 0 Å². The number of hydroxylamine groups is 1. The van der Waals surface area contributed by atoms with Gasteiger partial charge in [0.25, 0.3) is 5.91 Å². The fourth-order valence-corrected chi connectivity index (χ4v) is 5.88. The summed E-state index contributed by atoms with van der Waals surface area (Å²) in [6, 6.07) is 8.38. The first-order valence-corrected chi connectivity index (χ1v) is 12.9. The topological polar surface area (TPSA) is 129 Å². The summed E-state index contributed by atoms with van der Waals surface area (Å²) in [4.78, 5) is 35.5. The van der Waals surface area contributed by atoms with Crippen LogP contribution in [0.1, 0.15) is 20.8 Å². The number of fused-ring (bicyclic) bond motifs is 2. The Morgan fingerprint density at radius 3 is 2.84 bits per heavy atom. The number of aromatic nitrogens is 4. The zero-order valence-electron chi connectivity index (χ0n) is 20.3. The summed E-state index contributed by atoms with van der Waals surface area (Å²) in [6.07, 6.45) is 3.73. The highest BCUT2D eigenvalue weighted by Gasteiger charge is 2.23. The molecular weight excluding hydrogens is 492 g/mol. The van der Waals surface area contributed by atoms with Crippen molar-refractivity contribution in [3.63, 3.8) is 0 Å². The number of rotatable bonds is 6. The maximum absolute atomic E-state index is 11.6. The summed E-state index contributed by atoms with van der Waals surface area (Å²) >= 11 is 1.67. The van der Waals surface area contributed by atoms with Crippen LogP contribution in [0.15, 0.2) is 36.7 Å². The predicted octanol–water partition coefficient (Wildman–Crippen LogP) is 2.71. The number of morpholine rings is 1. The summed E-state index contributed by atoms with van der Waals surface area (Å²) in [6.45, 7) is 4.41. The SMILES string of the molecule is CN(Cc1cc2nc(-c3cccc4c3CCN4)nc(N3CCOCC3)c2s1)c1ncc(C(=O)NO)cn1. The molecule has 37 heavy (non-hydrogen) atoms. The largest absolute Gasteiger partial charge is 0.384 e. The van der Waals surface area contributed by atoms with Crippen LogP contribution in [0.5, 0.6) is 0 Å². The van der Waals surface area contributed by atoms with E-state index in [2.05, 4.69) is 44.5 Å². The molecule has 5 heterocycles. The van der Waals surface area contributed by atoms with Crippen LogP contribution in [-0.2, 0) is 17.7 Å². The molecule has 3 N–H and O–H groups in total. The smallest absolute Gasteiger partial charge is 0.277 e. The van der Waals surface area contributed by atoms with E-state index < -0.39 is 5.91 Å². The fourth-order valence-electron chi connectivity index (χ4n) is 4.71. The van der Waals surface area contributed by atoms with Crippen molar-refractivity contribution in [2.24, 2.45) is 0 Å².